The first kappa shape index (κ1) is 20.5. The van der Waals surface area contributed by atoms with Crippen LogP contribution in [0.4, 0.5) is 0 Å². The molecule has 5 heteroatoms. The number of hydrogen-bond donors (Lipinski definition) is 0. The lowest BCUT2D eigenvalue weighted by atomic mass is 10.1. The van der Waals surface area contributed by atoms with Crippen LogP contribution in [0.5, 0.6) is 0 Å². The minimum absolute atomic E-state index is 0.660. The third-order valence-corrected chi connectivity index (χ3v) is 6.11. The van der Waals surface area contributed by atoms with E-state index in [1.54, 1.807) is 11.3 Å². The molecule has 0 aliphatic rings. The Kier molecular flexibility index (Phi) is 9.24. The first-order valence-corrected chi connectivity index (χ1v) is 10.4. The molecule has 0 amide bonds. The van der Waals surface area contributed by atoms with Crippen molar-refractivity contribution in [2.24, 2.45) is 11.8 Å². The van der Waals surface area contributed by atoms with Crippen LogP contribution in [-0.4, -0.2) is 12.6 Å². The van der Waals surface area contributed by atoms with E-state index < -0.39 is 0 Å². The molecule has 126 valence electrons. The SMILES string of the molecule is CC(C)Cc1cc(C=O)sc1I.CC(C)Cc1csc(C=O)c1. The largest absolute Gasteiger partial charge is 0.297 e. The Morgan fingerprint density at radius 3 is 2.04 bits per heavy atom. The van der Waals surface area contributed by atoms with E-state index in [9.17, 15) is 9.59 Å². The fourth-order valence-corrected chi connectivity index (χ4v) is 4.69. The van der Waals surface area contributed by atoms with Gasteiger partial charge in [-0.05, 0) is 75.9 Å². The van der Waals surface area contributed by atoms with Crippen molar-refractivity contribution in [3.05, 3.63) is 41.3 Å². The van der Waals surface area contributed by atoms with Gasteiger partial charge in [-0.3, -0.25) is 9.59 Å². The van der Waals surface area contributed by atoms with Crippen LogP contribution in [0, 0.1) is 14.7 Å². The van der Waals surface area contributed by atoms with Gasteiger partial charge in [0.2, 0.25) is 0 Å². The maximum absolute atomic E-state index is 10.5. The Labute approximate surface area is 160 Å². The summed E-state index contributed by atoms with van der Waals surface area (Å²) in [5.74, 6) is 1.33. The summed E-state index contributed by atoms with van der Waals surface area (Å²) >= 11 is 5.40. The van der Waals surface area contributed by atoms with Crippen LogP contribution in [0.3, 0.4) is 0 Å². The summed E-state index contributed by atoms with van der Waals surface area (Å²) in [4.78, 5) is 22.5. The molecule has 0 saturated carbocycles. The number of hydrogen-bond acceptors (Lipinski definition) is 4. The molecule has 0 aliphatic carbocycles. The van der Waals surface area contributed by atoms with Gasteiger partial charge in [-0.1, -0.05) is 27.7 Å². The summed E-state index contributed by atoms with van der Waals surface area (Å²) in [6.07, 6.45) is 3.98. The normalized spacial score (nSPS) is 10.6. The summed E-state index contributed by atoms with van der Waals surface area (Å²) in [5, 5.41) is 2.06. The average Bonchev–Trinajstić information content (AvgIpc) is 3.05. The summed E-state index contributed by atoms with van der Waals surface area (Å²) in [7, 11) is 0. The van der Waals surface area contributed by atoms with Gasteiger partial charge in [-0.2, -0.15) is 0 Å². The van der Waals surface area contributed by atoms with Gasteiger partial charge in [-0.25, -0.2) is 0 Å². The molecule has 0 radical (unpaired) electrons. The molecule has 23 heavy (non-hydrogen) atoms. The van der Waals surface area contributed by atoms with E-state index in [1.165, 1.54) is 25.3 Å². The Hall–Kier alpha value is -0.530. The topological polar surface area (TPSA) is 34.1 Å². The van der Waals surface area contributed by atoms with Crippen LogP contribution < -0.4 is 0 Å². The molecule has 0 spiro atoms. The van der Waals surface area contributed by atoms with Crippen LogP contribution in [0.2, 0.25) is 0 Å². The lowest BCUT2D eigenvalue weighted by molar-refractivity contribution is 0.111. The van der Waals surface area contributed by atoms with Gasteiger partial charge >= 0.3 is 0 Å². The van der Waals surface area contributed by atoms with Crippen LogP contribution in [0.1, 0.15) is 58.2 Å². The third-order valence-electron chi connectivity index (χ3n) is 2.95. The summed E-state index contributed by atoms with van der Waals surface area (Å²) in [6.45, 7) is 8.74. The zero-order chi connectivity index (χ0) is 17.4. The van der Waals surface area contributed by atoms with Gasteiger partial charge in [0.1, 0.15) is 0 Å². The first-order valence-electron chi connectivity index (χ1n) is 7.61. The summed E-state index contributed by atoms with van der Waals surface area (Å²) in [6, 6.07) is 3.97. The molecule has 0 aliphatic heterocycles. The highest BCUT2D eigenvalue weighted by Gasteiger charge is 2.07. The number of rotatable bonds is 6. The zero-order valence-electron chi connectivity index (χ0n) is 14.0. The smallest absolute Gasteiger partial charge is 0.160 e. The molecule has 2 rings (SSSR count). The number of carbonyl (C=O) groups excluding carboxylic acids is 2. The second-order valence-corrected chi connectivity index (χ2v) is 10.1. The molecule has 0 saturated heterocycles. The second kappa shape index (κ2) is 10.4. The Morgan fingerprint density at radius 2 is 1.61 bits per heavy atom. The number of carbonyl (C=O) groups is 2. The average molecular weight is 462 g/mol. The molecular formula is C18H23IO2S2. The number of halogens is 1. The van der Waals surface area contributed by atoms with Crippen LogP contribution in [-0.2, 0) is 12.8 Å². The van der Waals surface area contributed by atoms with Crippen LogP contribution >= 0.6 is 45.3 Å². The Morgan fingerprint density at radius 1 is 1.00 bits per heavy atom. The molecule has 0 unspecified atom stereocenters. The first-order chi connectivity index (χ1) is 10.8. The van der Waals surface area contributed by atoms with E-state index >= 15 is 0 Å². The van der Waals surface area contributed by atoms with Crippen molar-refractivity contribution in [1.82, 2.24) is 0 Å². The van der Waals surface area contributed by atoms with Crippen molar-refractivity contribution in [3.8, 4) is 0 Å². The molecule has 0 N–H and O–H groups in total. The summed E-state index contributed by atoms with van der Waals surface area (Å²) < 4.78 is 1.25. The standard InChI is InChI=1S/C9H11IOS.C9H12OS/c1-6(2)3-7-4-8(5-11)12-9(7)10;1-7(2)3-8-4-9(5-10)11-6-8/h4-6H,3H2,1-2H3;4-7H,3H2,1-2H3. The number of aldehydes is 2. The maximum Gasteiger partial charge on any atom is 0.160 e. The third kappa shape index (κ3) is 7.72. The molecule has 2 aromatic heterocycles. The van der Waals surface area contributed by atoms with Gasteiger partial charge < -0.3 is 0 Å². The number of thiophene rings is 2. The Balaban J connectivity index is 0.000000231. The van der Waals surface area contributed by atoms with Gasteiger partial charge in [-0.15, -0.1) is 22.7 Å². The molecule has 0 fully saturated rings. The van der Waals surface area contributed by atoms with Gasteiger partial charge in [0.05, 0.1) is 12.6 Å². The second-order valence-electron chi connectivity index (χ2n) is 6.24. The highest BCUT2D eigenvalue weighted by Crippen LogP contribution is 2.25. The monoisotopic (exact) mass is 462 g/mol. The fourth-order valence-electron chi connectivity index (χ4n) is 2.10. The zero-order valence-corrected chi connectivity index (χ0v) is 17.8. The minimum Gasteiger partial charge on any atom is -0.297 e. The molecule has 2 heterocycles. The Bertz CT molecular complexity index is 627. The molecule has 0 atom stereocenters. The molecule has 0 bridgehead atoms. The van der Waals surface area contributed by atoms with E-state index in [-0.39, 0.29) is 0 Å². The van der Waals surface area contributed by atoms with E-state index in [4.69, 9.17) is 0 Å². The highest BCUT2D eigenvalue weighted by atomic mass is 127. The van der Waals surface area contributed by atoms with Crippen molar-refractivity contribution < 1.29 is 9.59 Å². The predicted octanol–water partition coefficient (Wildman–Crippen LogP) is 6.12. The molecule has 0 aromatic carbocycles. The van der Waals surface area contributed by atoms with Gasteiger partial charge in [0, 0.05) is 0 Å². The summed E-state index contributed by atoms with van der Waals surface area (Å²) in [5.41, 5.74) is 2.60. The van der Waals surface area contributed by atoms with Crippen molar-refractivity contribution in [1.29, 1.82) is 0 Å². The van der Waals surface area contributed by atoms with Crippen LogP contribution in [0.25, 0.3) is 0 Å². The van der Waals surface area contributed by atoms with Gasteiger partial charge in [0.25, 0.3) is 0 Å². The molecule has 2 aromatic rings. The van der Waals surface area contributed by atoms with E-state index in [2.05, 4.69) is 55.7 Å². The van der Waals surface area contributed by atoms with E-state index in [0.29, 0.717) is 11.8 Å². The van der Waals surface area contributed by atoms with E-state index in [1.807, 2.05) is 12.1 Å². The quantitative estimate of drug-likeness (QED) is 0.383. The lowest BCUT2D eigenvalue weighted by Gasteiger charge is -2.01. The van der Waals surface area contributed by atoms with Crippen molar-refractivity contribution >= 4 is 57.8 Å². The highest BCUT2D eigenvalue weighted by molar-refractivity contribution is 14.1. The molecular weight excluding hydrogens is 439 g/mol. The van der Waals surface area contributed by atoms with Crippen molar-refractivity contribution in [2.75, 3.05) is 0 Å². The molecule has 2 nitrogen and oxygen atoms in total. The maximum atomic E-state index is 10.5. The van der Waals surface area contributed by atoms with E-state index in [0.717, 1.165) is 35.2 Å². The van der Waals surface area contributed by atoms with Crippen molar-refractivity contribution in [3.63, 3.8) is 0 Å². The van der Waals surface area contributed by atoms with Crippen molar-refractivity contribution in [2.45, 2.75) is 40.5 Å². The fraction of sp³-hybridized carbons (Fsp3) is 0.444. The minimum atomic E-state index is 0.660. The van der Waals surface area contributed by atoms with Crippen LogP contribution in [0.15, 0.2) is 17.5 Å². The predicted molar refractivity (Wildman–Crippen MR) is 109 cm³/mol. The lowest BCUT2D eigenvalue weighted by Crippen LogP contribution is -1.93. The van der Waals surface area contributed by atoms with Gasteiger partial charge in [0.15, 0.2) is 12.6 Å².